The van der Waals surface area contributed by atoms with Crippen molar-refractivity contribution in [3.63, 3.8) is 0 Å². The van der Waals surface area contributed by atoms with Gasteiger partial charge in [0.15, 0.2) is 0 Å². The minimum Gasteiger partial charge on any atom is -0.494 e. The highest BCUT2D eigenvalue weighted by Crippen LogP contribution is 2.18. The van der Waals surface area contributed by atoms with Crippen LogP contribution in [0.5, 0.6) is 5.75 Å². The van der Waals surface area contributed by atoms with Crippen LogP contribution in [0.4, 0.5) is 0 Å². The lowest BCUT2D eigenvalue weighted by atomic mass is 10.2. The summed E-state index contributed by atoms with van der Waals surface area (Å²) in [5, 5.41) is 1.78. The number of carbonyl (C=O) groups excluding carboxylic acids is 1. The molecule has 152 valence electrons. The highest BCUT2D eigenvalue weighted by molar-refractivity contribution is 7.17. The van der Waals surface area contributed by atoms with Gasteiger partial charge >= 0.3 is 5.69 Å². The fourth-order valence-electron chi connectivity index (χ4n) is 3.71. The van der Waals surface area contributed by atoms with Crippen LogP contribution in [0.2, 0.25) is 0 Å². The third kappa shape index (κ3) is 3.85. The molecule has 0 spiro atoms. The summed E-state index contributed by atoms with van der Waals surface area (Å²) in [6.45, 7) is 3.97. The zero-order chi connectivity index (χ0) is 20.4. The van der Waals surface area contributed by atoms with E-state index in [1.807, 2.05) is 31.2 Å². The molecule has 1 amide bonds. The van der Waals surface area contributed by atoms with Gasteiger partial charge in [-0.05, 0) is 48.9 Å². The number of amides is 1. The molecule has 2 aromatic heterocycles. The molecule has 1 aromatic carbocycles. The number of ether oxygens (including phenoxy) is 1. The van der Waals surface area contributed by atoms with Crippen LogP contribution in [-0.4, -0.2) is 39.6 Å². The molecule has 0 radical (unpaired) electrons. The zero-order valence-corrected chi connectivity index (χ0v) is 17.1. The number of fused-ring (bicyclic) bond motifs is 1. The number of hydrogen-bond acceptors (Lipinski definition) is 5. The van der Waals surface area contributed by atoms with Crippen molar-refractivity contribution in [3.05, 3.63) is 62.1 Å². The molecule has 0 bridgehead atoms. The minimum atomic E-state index is -0.463. The lowest BCUT2D eigenvalue weighted by Crippen LogP contribution is -2.42. The molecule has 1 aliphatic heterocycles. The summed E-state index contributed by atoms with van der Waals surface area (Å²) in [5.41, 5.74) is 0.530. The molecule has 1 aliphatic rings. The standard InChI is InChI=1S/C21H23N3O4S/c1-2-28-16-7-5-6-15(12-16)13-24-20(26)19-17(8-11-29-19)23(21(24)27)14-18(25)22-9-3-4-10-22/h5-8,11-12H,2-4,9-10,13-14H2,1H3. The topological polar surface area (TPSA) is 73.5 Å². The van der Waals surface area contributed by atoms with Gasteiger partial charge in [0.25, 0.3) is 5.56 Å². The molecular weight excluding hydrogens is 390 g/mol. The second-order valence-electron chi connectivity index (χ2n) is 7.06. The first-order valence-electron chi connectivity index (χ1n) is 9.79. The summed E-state index contributed by atoms with van der Waals surface area (Å²) in [7, 11) is 0. The number of thiophene rings is 1. The van der Waals surface area contributed by atoms with Crippen LogP contribution in [0, 0.1) is 0 Å². The fourth-order valence-corrected chi connectivity index (χ4v) is 4.55. The first-order chi connectivity index (χ1) is 14.1. The molecule has 1 saturated heterocycles. The van der Waals surface area contributed by atoms with Crippen molar-refractivity contribution in [2.45, 2.75) is 32.9 Å². The Kier molecular flexibility index (Phi) is 5.53. The van der Waals surface area contributed by atoms with Gasteiger partial charge in [0.1, 0.15) is 17.0 Å². The van der Waals surface area contributed by atoms with E-state index in [4.69, 9.17) is 4.74 Å². The first kappa shape index (κ1) is 19.4. The largest absolute Gasteiger partial charge is 0.494 e. The normalized spacial score (nSPS) is 13.9. The second-order valence-corrected chi connectivity index (χ2v) is 7.98. The smallest absolute Gasteiger partial charge is 0.332 e. The van der Waals surface area contributed by atoms with E-state index >= 15 is 0 Å². The maximum Gasteiger partial charge on any atom is 0.332 e. The molecule has 1 fully saturated rings. The highest BCUT2D eigenvalue weighted by atomic mass is 32.1. The van der Waals surface area contributed by atoms with Crippen molar-refractivity contribution >= 4 is 27.5 Å². The van der Waals surface area contributed by atoms with Crippen molar-refractivity contribution in [2.24, 2.45) is 0 Å². The van der Waals surface area contributed by atoms with Crippen molar-refractivity contribution in [2.75, 3.05) is 19.7 Å². The average Bonchev–Trinajstić information content (AvgIpc) is 3.41. The van der Waals surface area contributed by atoms with Crippen LogP contribution in [0.15, 0.2) is 45.3 Å². The van der Waals surface area contributed by atoms with Gasteiger partial charge in [-0.25, -0.2) is 4.79 Å². The van der Waals surface area contributed by atoms with Gasteiger partial charge in [-0.3, -0.25) is 18.7 Å². The summed E-state index contributed by atoms with van der Waals surface area (Å²) in [5.74, 6) is 0.612. The summed E-state index contributed by atoms with van der Waals surface area (Å²) in [6, 6.07) is 9.09. The summed E-state index contributed by atoms with van der Waals surface area (Å²) < 4.78 is 8.64. The first-order valence-corrected chi connectivity index (χ1v) is 10.7. The number of benzene rings is 1. The predicted molar refractivity (Wildman–Crippen MR) is 113 cm³/mol. The maximum absolute atomic E-state index is 13.2. The Labute approximate surface area is 171 Å². The molecule has 0 atom stereocenters. The Morgan fingerprint density at radius 1 is 1.14 bits per heavy atom. The van der Waals surface area contributed by atoms with Crippen LogP contribution in [-0.2, 0) is 17.9 Å². The van der Waals surface area contributed by atoms with Gasteiger partial charge in [-0.2, -0.15) is 0 Å². The van der Waals surface area contributed by atoms with Gasteiger partial charge in [0.05, 0.1) is 18.7 Å². The molecule has 7 nitrogen and oxygen atoms in total. The van der Waals surface area contributed by atoms with Gasteiger partial charge in [-0.1, -0.05) is 12.1 Å². The quantitative estimate of drug-likeness (QED) is 0.622. The van der Waals surface area contributed by atoms with Crippen molar-refractivity contribution in [1.82, 2.24) is 14.0 Å². The molecular formula is C21H23N3O4S. The lowest BCUT2D eigenvalue weighted by Gasteiger charge is -2.17. The molecule has 29 heavy (non-hydrogen) atoms. The molecule has 3 aromatic rings. The Morgan fingerprint density at radius 2 is 1.93 bits per heavy atom. The minimum absolute atomic E-state index is 0.0503. The van der Waals surface area contributed by atoms with E-state index in [1.54, 1.807) is 16.3 Å². The van der Waals surface area contributed by atoms with E-state index in [-0.39, 0.29) is 24.6 Å². The average molecular weight is 413 g/mol. The second kappa shape index (κ2) is 8.24. The molecule has 0 saturated carbocycles. The molecule has 0 aliphatic carbocycles. The fraction of sp³-hybridized carbons (Fsp3) is 0.381. The van der Waals surface area contributed by atoms with Gasteiger partial charge in [-0.15, -0.1) is 11.3 Å². The SMILES string of the molecule is CCOc1cccc(Cn2c(=O)c3sccc3n(CC(=O)N3CCCC3)c2=O)c1. The number of rotatable bonds is 6. The van der Waals surface area contributed by atoms with Crippen molar-refractivity contribution in [1.29, 1.82) is 0 Å². The van der Waals surface area contributed by atoms with E-state index in [2.05, 4.69) is 0 Å². The van der Waals surface area contributed by atoms with Crippen LogP contribution in [0.1, 0.15) is 25.3 Å². The zero-order valence-electron chi connectivity index (χ0n) is 16.3. The number of likely N-dealkylation sites (tertiary alicyclic amines) is 1. The lowest BCUT2D eigenvalue weighted by molar-refractivity contribution is -0.130. The molecule has 0 unspecified atom stereocenters. The van der Waals surface area contributed by atoms with E-state index in [0.717, 1.165) is 31.5 Å². The van der Waals surface area contributed by atoms with Gasteiger partial charge in [0.2, 0.25) is 5.91 Å². The van der Waals surface area contributed by atoms with Crippen molar-refractivity contribution < 1.29 is 9.53 Å². The Bertz CT molecular complexity index is 1150. The van der Waals surface area contributed by atoms with Crippen molar-refractivity contribution in [3.8, 4) is 5.75 Å². The van der Waals surface area contributed by atoms with E-state index in [9.17, 15) is 14.4 Å². The van der Waals surface area contributed by atoms with Gasteiger partial charge in [0, 0.05) is 13.1 Å². The van der Waals surface area contributed by atoms with Crippen LogP contribution >= 0.6 is 11.3 Å². The maximum atomic E-state index is 13.2. The molecule has 8 heteroatoms. The summed E-state index contributed by atoms with van der Waals surface area (Å²) in [6.07, 6.45) is 1.98. The molecule has 0 N–H and O–H groups in total. The Hall–Kier alpha value is -2.87. The third-order valence-electron chi connectivity index (χ3n) is 5.14. The Morgan fingerprint density at radius 3 is 2.69 bits per heavy atom. The summed E-state index contributed by atoms with van der Waals surface area (Å²) >= 11 is 1.29. The van der Waals surface area contributed by atoms with E-state index < -0.39 is 5.69 Å². The van der Waals surface area contributed by atoms with E-state index in [0.29, 0.717) is 22.6 Å². The highest BCUT2D eigenvalue weighted by Gasteiger charge is 2.21. The summed E-state index contributed by atoms with van der Waals surface area (Å²) in [4.78, 5) is 40.6. The third-order valence-corrected chi connectivity index (χ3v) is 6.03. The molecule has 3 heterocycles. The number of hydrogen-bond donors (Lipinski definition) is 0. The van der Waals surface area contributed by atoms with Crippen LogP contribution < -0.4 is 16.0 Å². The van der Waals surface area contributed by atoms with Crippen LogP contribution in [0.25, 0.3) is 10.2 Å². The Balaban J connectivity index is 1.74. The van der Waals surface area contributed by atoms with E-state index in [1.165, 1.54) is 20.5 Å². The number of aromatic nitrogens is 2. The number of nitrogens with zero attached hydrogens (tertiary/aromatic N) is 3. The monoisotopic (exact) mass is 413 g/mol. The predicted octanol–water partition coefficient (Wildman–Crippen LogP) is 2.29. The molecule has 4 rings (SSSR count). The van der Waals surface area contributed by atoms with Crippen LogP contribution in [0.3, 0.4) is 0 Å². The number of carbonyl (C=O) groups is 1. The van der Waals surface area contributed by atoms with Gasteiger partial charge < -0.3 is 9.64 Å².